The third kappa shape index (κ3) is 3.10. The van der Waals surface area contributed by atoms with Gasteiger partial charge in [0.2, 0.25) is 0 Å². The average Bonchev–Trinajstić information content (AvgIpc) is 3.42. The molecule has 5 aromatic rings. The van der Waals surface area contributed by atoms with Crippen molar-refractivity contribution in [1.82, 2.24) is 0 Å². The van der Waals surface area contributed by atoms with Gasteiger partial charge in [0.15, 0.2) is 0 Å². The zero-order valence-electron chi connectivity index (χ0n) is 18.5. The van der Waals surface area contributed by atoms with E-state index in [1.807, 2.05) is 25.1 Å². The Hall–Kier alpha value is -4.04. The third-order valence-corrected chi connectivity index (χ3v) is 6.55. The number of allylic oxidation sites excluding steroid dienone is 5. The van der Waals surface area contributed by atoms with E-state index in [4.69, 9.17) is 8.83 Å². The van der Waals surface area contributed by atoms with Crippen LogP contribution >= 0.6 is 0 Å². The molecule has 2 aromatic heterocycles. The SMILES string of the molecule is C=C/C=c1/oc2c(C3=CC(c4cccc5c4oc4ccccc45)CC=C3)cccc2/c1=C/C. The highest BCUT2D eigenvalue weighted by Gasteiger charge is 2.20. The van der Waals surface area contributed by atoms with Gasteiger partial charge in [0, 0.05) is 38.4 Å². The van der Waals surface area contributed by atoms with Gasteiger partial charge >= 0.3 is 0 Å². The second-order valence-corrected chi connectivity index (χ2v) is 8.44. The van der Waals surface area contributed by atoms with Crippen molar-refractivity contribution in [2.45, 2.75) is 19.3 Å². The van der Waals surface area contributed by atoms with Crippen LogP contribution in [0.2, 0.25) is 0 Å². The zero-order chi connectivity index (χ0) is 22.4. The monoisotopic (exact) mass is 428 g/mol. The number of para-hydroxylation sites is 3. The molecule has 0 saturated carbocycles. The summed E-state index contributed by atoms with van der Waals surface area (Å²) in [6, 6.07) is 21.1. The Bertz CT molecular complexity index is 1720. The lowest BCUT2D eigenvalue weighted by molar-refractivity contribution is 0.575. The fourth-order valence-electron chi connectivity index (χ4n) is 5.05. The maximum atomic E-state index is 6.32. The Balaban J connectivity index is 1.53. The Kier molecular flexibility index (Phi) is 4.66. The largest absolute Gasteiger partial charge is 0.456 e. The molecule has 0 bridgehead atoms. The topological polar surface area (TPSA) is 26.3 Å². The van der Waals surface area contributed by atoms with Gasteiger partial charge in [-0.3, -0.25) is 0 Å². The summed E-state index contributed by atoms with van der Waals surface area (Å²) in [5.74, 6) is 0.232. The minimum atomic E-state index is 0.232. The van der Waals surface area contributed by atoms with Crippen LogP contribution in [0.3, 0.4) is 0 Å². The van der Waals surface area contributed by atoms with Gasteiger partial charge < -0.3 is 8.83 Å². The van der Waals surface area contributed by atoms with Crippen LogP contribution in [-0.2, 0) is 0 Å². The highest BCUT2D eigenvalue weighted by molar-refractivity contribution is 6.06. The zero-order valence-corrected chi connectivity index (χ0v) is 18.5. The van der Waals surface area contributed by atoms with Crippen molar-refractivity contribution in [2.75, 3.05) is 0 Å². The van der Waals surface area contributed by atoms with Gasteiger partial charge in [-0.25, -0.2) is 0 Å². The Morgan fingerprint density at radius 2 is 1.70 bits per heavy atom. The Morgan fingerprint density at radius 1 is 0.879 bits per heavy atom. The highest BCUT2D eigenvalue weighted by Crippen LogP contribution is 2.39. The highest BCUT2D eigenvalue weighted by atomic mass is 16.3. The van der Waals surface area contributed by atoms with Crippen molar-refractivity contribution in [1.29, 1.82) is 0 Å². The van der Waals surface area contributed by atoms with Crippen LogP contribution in [0.1, 0.15) is 30.4 Å². The second kappa shape index (κ2) is 7.83. The number of furan rings is 2. The van der Waals surface area contributed by atoms with E-state index in [0.29, 0.717) is 0 Å². The molecule has 0 radical (unpaired) electrons. The molecule has 1 aliphatic carbocycles. The molecule has 0 saturated heterocycles. The summed E-state index contributed by atoms with van der Waals surface area (Å²) in [6.45, 7) is 5.88. The van der Waals surface area contributed by atoms with Crippen molar-refractivity contribution in [3.8, 4) is 0 Å². The molecule has 2 heteroatoms. The van der Waals surface area contributed by atoms with Crippen LogP contribution in [0.15, 0.2) is 100 Å². The van der Waals surface area contributed by atoms with E-state index in [9.17, 15) is 0 Å². The summed E-state index contributed by atoms with van der Waals surface area (Å²) < 4.78 is 12.6. The Labute approximate surface area is 192 Å². The predicted molar refractivity (Wildman–Crippen MR) is 138 cm³/mol. The fraction of sp³-hybridized carbons (Fsp3) is 0.0968. The van der Waals surface area contributed by atoms with Crippen LogP contribution in [-0.4, -0.2) is 0 Å². The van der Waals surface area contributed by atoms with Crippen LogP contribution in [0.25, 0.3) is 50.6 Å². The summed E-state index contributed by atoms with van der Waals surface area (Å²) >= 11 is 0. The van der Waals surface area contributed by atoms with E-state index in [0.717, 1.165) is 44.8 Å². The summed E-state index contributed by atoms with van der Waals surface area (Å²) in [5, 5.41) is 4.57. The van der Waals surface area contributed by atoms with Gasteiger partial charge in [0.25, 0.3) is 0 Å². The molecule has 160 valence electrons. The molecule has 2 nitrogen and oxygen atoms in total. The van der Waals surface area contributed by atoms with Gasteiger partial charge in [0.1, 0.15) is 22.2 Å². The second-order valence-electron chi connectivity index (χ2n) is 8.44. The lowest BCUT2D eigenvalue weighted by atomic mass is 9.86. The molecule has 2 heterocycles. The molecular weight excluding hydrogens is 404 g/mol. The van der Waals surface area contributed by atoms with E-state index < -0.39 is 0 Å². The minimum Gasteiger partial charge on any atom is -0.456 e. The molecule has 33 heavy (non-hydrogen) atoms. The molecule has 0 aliphatic heterocycles. The standard InChI is InChI=1S/C31H24O2/c1-3-10-28-22(4-2)26-16-8-14-23(30(26)32-28)20-11-7-12-21(19-20)24-15-9-17-27-25-13-5-6-18-29(25)33-31(24)27/h3-11,13-19,21H,1,12H2,2H3/b22-4-,28-10+. The lowest BCUT2D eigenvalue weighted by Gasteiger charge is -2.18. The van der Waals surface area contributed by atoms with E-state index in [1.165, 1.54) is 21.9 Å². The first-order chi connectivity index (χ1) is 16.3. The van der Waals surface area contributed by atoms with Crippen LogP contribution in [0.4, 0.5) is 0 Å². The minimum absolute atomic E-state index is 0.232. The van der Waals surface area contributed by atoms with Crippen molar-refractivity contribution in [2.24, 2.45) is 0 Å². The molecule has 1 atom stereocenters. The van der Waals surface area contributed by atoms with Crippen molar-refractivity contribution in [3.05, 3.63) is 113 Å². The Morgan fingerprint density at radius 3 is 2.58 bits per heavy atom. The van der Waals surface area contributed by atoms with Crippen LogP contribution in [0.5, 0.6) is 0 Å². The van der Waals surface area contributed by atoms with Crippen LogP contribution in [0, 0.1) is 0 Å². The van der Waals surface area contributed by atoms with Crippen molar-refractivity contribution in [3.63, 3.8) is 0 Å². The molecule has 6 rings (SSSR count). The van der Waals surface area contributed by atoms with Gasteiger partial charge in [-0.1, -0.05) is 91.6 Å². The van der Waals surface area contributed by atoms with E-state index in [1.54, 1.807) is 6.08 Å². The van der Waals surface area contributed by atoms with Crippen molar-refractivity contribution < 1.29 is 8.83 Å². The third-order valence-electron chi connectivity index (χ3n) is 6.55. The molecule has 1 aliphatic rings. The maximum absolute atomic E-state index is 6.32. The summed E-state index contributed by atoms with van der Waals surface area (Å²) in [7, 11) is 0. The quantitative estimate of drug-likeness (QED) is 0.303. The van der Waals surface area contributed by atoms with Gasteiger partial charge in [-0.2, -0.15) is 0 Å². The van der Waals surface area contributed by atoms with Crippen molar-refractivity contribution >= 4 is 50.6 Å². The first kappa shape index (κ1) is 19.6. The number of hydrogen-bond acceptors (Lipinski definition) is 2. The molecule has 1 unspecified atom stereocenters. The molecule has 0 N–H and O–H groups in total. The number of fused-ring (bicyclic) bond motifs is 4. The number of rotatable bonds is 3. The number of benzene rings is 3. The molecule has 0 fully saturated rings. The summed E-state index contributed by atoms with van der Waals surface area (Å²) in [4.78, 5) is 0. The average molecular weight is 429 g/mol. The van der Waals surface area contributed by atoms with Gasteiger partial charge in [-0.15, -0.1) is 0 Å². The number of hydrogen-bond donors (Lipinski definition) is 0. The molecule has 3 aromatic carbocycles. The van der Waals surface area contributed by atoms with Gasteiger partial charge in [-0.05, 0) is 31.1 Å². The molecule has 0 spiro atoms. The molecule has 0 amide bonds. The maximum Gasteiger partial charge on any atom is 0.143 e. The van der Waals surface area contributed by atoms with E-state index >= 15 is 0 Å². The van der Waals surface area contributed by atoms with Crippen LogP contribution < -0.4 is 10.6 Å². The van der Waals surface area contributed by atoms with E-state index in [-0.39, 0.29) is 5.92 Å². The predicted octanol–water partition coefficient (Wildman–Crippen LogP) is 7.23. The summed E-state index contributed by atoms with van der Waals surface area (Å²) in [6.07, 6.45) is 13.6. The first-order valence-electron chi connectivity index (χ1n) is 11.4. The smallest absolute Gasteiger partial charge is 0.143 e. The normalized spacial score (nSPS) is 17.4. The van der Waals surface area contributed by atoms with E-state index in [2.05, 4.69) is 79.4 Å². The lowest BCUT2D eigenvalue weighted by Crippen LogP contribution is -2.18. The van der Waals surface area contributed by atoms with Gasteiger partial charge in [0.05, 0.1) is 0 Å². The fourth-order valence-corrected chi connectivity index (χ4v) is 5.05. The first-order valence-corrected chi connectivity index (χ1v) is 11.4. The molecular formula is C31H24O2. The summed E-state index contributed by atoms with van der Waals surface area (Å²) in [5.41, 5.74) is 7.18.